The van der Waals surface area contributed by atoms with E-state index in [0.717, 1.165) is 11.8 Å². The van der Waals surface area contributed by atoms with Gasteiger partial charge in [-0.2, -0.15) is 17.9 Å². The molecule has 2 aromatic heterocycles. The third kappa shape index (κ3) is 3.37. The van der Waals surface area contributed by atoms with Crippen molar-refractivity contribution >= 4 is 5.91 Å². The van der Waals surface area contributed by atoms with Gasteiger partial charge in [0.15, 0.2) is 5.82 Å². The molecule has 9 heteroatoms. The summed E-state index contributed by atoms with van der Waals surface area (Å²) in [6, 6.07) is 8.90. The molecule has 0 spiro atoms. The molecule has 1 aromatic carbocycles. The number of benzene rings is 1. The minimum Gasteiger partial charge on any atom is -0.329 e. The zero-order valence-electron chi connectivity index (χ0n) is 15.8. The molecule has 0 bridgehead atoms. The summed E-state index contributed by atoms with van der Waals surface area (Å²) in [5, 5.41) is 8.32. The Kier molecular flexibility index (Phi) is 4.60. The van der Waals surface area contributed by atoms with Crippen LogP contribution in [0.25, 0.3) is 5.82 Å². The van der Waals surface area contributed by atoms with Crippen LogP contribution in [0.5, 0.6) is 0 Å². The van der Waals surface area contributed by atoms with E-state index in [2.05, 4.69) is 15.3 Å². The number of pyridine rings is 1. The second-order valence-corrected chi connectivity index (χ2v) is 7.04. The van der Waals surface area contributed by atoms with Crippen LogP contribution in [0.1, 0.15) is 39.8 Å². The molecule has 150 valence electrons. The Hall–Kier alpha value is -3.23. The summed E-state index contributed by atoms with van der Waals surface area (Å²) >= 11 is 0. The van der Waals surface area contributed by atoms with Crippen molar-refractivity contribution < 1.29 is 18.0 Å². The molecule has 0 saturated heterocycles. The largest absolute Gasteiger partial charge is 0.416 e. The first-order valence-electron chi connectivity index (χ1n) is 9.10. The van der Waals surface area contributed by atoms with E-state index in [-0.39, 0.29) is 23.7 Å². The fraction of sp³-hybridized carbons (Fsp3) is 0.300. The van der Waals surface area contributed by atoms with E-state index < -0.39 is 17.6 Å². The minimum atomic E-state index is -4.51. The van der Waals surface area contributed by atoms with Crippen molar-refractivity contribution in [2.24, 2.45) is 0 Å². The van der Waals surface area contributed by atoms with Gasteiger partial charge in [0.1, 0.15) is 5.69 Å². The molecule has 1 atom stereocenters. The molecule has 1 aliphatic heterocycles. The van der Waals surface area contributed by atoms with Crippen molar-refractivity contribution in [3.05, 3.63) is 70.7 Å². The van der Waals surface area contributed by atoms with Crippen LogP contribution in [0.15, 0.2) is 42.6 Å². The Morgan fingerprint density at radius 1 is 1.17 bits per heavy atom. The fourth-order valence-electron chi connectivity index (χ4n) is 3.63. The van der Waals surface area contributed by atoms with Crippen LogP contribution in [0, 0.1) is 6.92 Å². The third-order valence-electron chi connectivity index (χ3n) is 5.18. The van der Waals surface area contributed by atoms with Crippen molar-refractivity contribution in [2.75, 3.05) is 0 Å². The monoisotopic (exact) mass is 401 g/mol. The minimum absolute atomic E-state index is 0.0484. The summed E-state index contributed by atoms with van der Waals surface area (Å²) < 4.78 is 41.3. The fourth-order valence-corrected chi connectivity index (χ4v) is 3.63. The van der Waals surface area contributed by atoms with Crippen LogP contribution in [0.2, 0.25) is 0 Å². The SMILES string of the molecule is Cc1c(C(=O)N2Cc3nnn(-c4ccccn4)c3C[C@H]2C)cccc1C(F)(F)F. The number of nitrogens with zero attached hydrogens (tertiary/aromatic N) is 5. The summed E-state index contributed by atoms with van der Waals surface area (Å²) in [5.41, 5.74) is 0.648. The normalized spacial score (nSPS) is 16.6. The summed E-state index contributed by atoms with van der Waals surface area (Å²) in [4.78, 5) is 18.9. The average Bonchev–Trinajstić information content (AvgIpc) is 3.09. The van der Waals surface area contributed by atoms with Gasteiger partial charge < -0.3 is 4.90 Å². The molecule has 0 aliphatic carbocycles. The maximum absolute atomic E-state index is 13.2. The molecule has 1 amide bonds. The maximum Gasteiger partial charge on any atom is 0.416 e. The molecule has 6 nitrogen and oxygen atoms in total. The molecule has 0 fully saturated rings. The van der Waals surface area contributed by atoms with E-state index in [0.29, 0.717) is 17.9 Å². The number of carbonyl (C=O) groups is 1. The predicted molar refractivity (Wildman–Crippen MR) is 98.4 cm³/mol. The van der Waals surface area contributed by atoms with E-state index in [1.807, 2.05) is 19.1 Å². The molecular formula is C20H18F3N5O. The lowest BCUT2D eigenvalue weighted by atomic mass is 9.98. The zero-order chi connectivity index (χ0) is 20.8. The van der Waals surface area contributed by atoms with Gasteiger partial charge in [-0.15, -0.1) is 5.10 Å². The van der Waals surface area contributed by atoms with E-state index in [4.69, 9.17) is 0 Å². The van der Waals surface area contributed by atoms with E-state index in [9.17, 15) is 18.0 Å². The van der Waals surface area contributed by atoms with Crippen molar-refractivity contribution in [2.45, 2.75) is 39.0 Å². The zero-order valence-corrected chi connectivity index (χ0v) is 15.8. The molecule has 1 aliphatic rings. The van der Waals surface area contributed by atoms with Gasteiger partial charge in [0, 0.05) is 24.2 Å². The molecule has 29 heavy (non-hydrogen) atoms. The van der Waals surface area contributed by atoms with Crippen LogP contribution in [0.4, 0.5) is 13.2 Å². The lowest BCUT2D eigenvalue weighted by Crippen LogP contribution is -2.43. The number of carbonyl (C=O) groups excluding carboxylic acids is 1. The van der Waals surface area contributed by atoms with Gasteiger partial charge in [0.2, 0.25) is 0 Å². The van der Waals surface area contributed by atoms with Crippen molar-refractivity contribution in [3.8, 4) is 5.82 Å². The second-order valence-electron chi connectivity index (χ2n) is 7.04. The number of fused-ring (bicyclic) bond motifs is 1. The highest BCUT2D eigenvalue weighted by Gasteiger charge is 2.36. The quantitative estimate of drug-likeness (QED) is 0.659. The number of alkyl halides is 3. The molecule has 0 unspecified atom stereocenters. The highest BCUT2D eigenvalue weighted by atomic mass is 19.4. The molecule has 0 radical (unpaired) electrons. The van der Waals surface area contributed by atoms with Gasteiger partial charge in [-0.3, -0.25) is 4.79 Å². The van der Waals surface area contributed by atoms with Gasteiger partial charge in [-0.1, -0.05) is 17.3 Å². The first-order chi connectivity index (χ1) is 13.8. The molecule has 3 aromatic rings. The molecule has 0 N–H and O–H groups in total. The Morgan fingerprint density at radius 3 is 2.66 bits per heavy atom. The Bertz CT molecular complexity index is 1060. The predicted octanol–water partition coefficient (Wildman–Crippen LogP) is 3.58. The topological polar surface area (TPSA) is 63.9 Å². The van der Waals surface area contributed by atoms with Crippen LogP contribution in [-0.4, -0.2) is 36.8 Å². The molecule has 3 heterocycles. The van der Waals surface area contributed by atoms with E-state index in [1.165, 1.54) is 19.1 Å². The first-order valence-corrected chi connectivity index (χ1v) is 9.10. The Balaban J connectivity index is 1.66. The summed E-state index contributed by atoms with van der Waals surface area (Å²) in [6.45, 7) is 3.37. The van der Waals surface area contributed by atoms with E-state index >= 15 is 0 Å². The summed E-state index contributed by atoms with van der Waals surface area (Å²) in [7, 11) is 0. The summed E-state index contributed by atoms with van der Waals surface area (Å²) in [5.74, 6) is 0.182. The number of amides is 1. The van der Waals surface area contributed by atoms with Crippen molar-refractivity contribution in [1.29, 1.82) is 0 Å². The van der Waals surface area contributed by atoms with Gasteiger partial charge in [-0.05, 0) is 43.7 Å². The average molecular weight is 401 g/mol. The number of hydrogen-bond acceptors (Lipinski definition) is 4. The standard InChI is InChI=1S/C20H18F3N5O/c1-12-10-17-16(25-26-28(17)18-8-3-4-9-24-18)11-27(12)19(29)14-6-5-7-15(13(14)2)20(21,22)23/h3-9,12H,10-11H2,1-2H3/t12-/m1/s1. The second kappa shape index (κ2) is 6.98. The lowest BCUT2D eigenvalue weighted by molar-refractivity contribution is -0.138. The number of hydrogen-bond donors (Lipinski definition) is 0. The van der Waals surface area contributed by atoms with Crippen LogP contribution in [0.3, 0.4) is 0 Å². The van der Waals surface area contributed by atoms with Gasteiger partial charge in [0.05, 0.1) is 17.8 Å². The van der Waals surface area contributed by atoms with Crippen LogP contribution < -0.4 is 0 Å². The van der Waals surface area contributed by atoms with Gasteiger partial charge in [-0.25, -0.2) is 4.98 Å². The Labute approximate surface area is 165 Å². The smallest absolute Gasteiger partial charge is 0.329 e. The molecule has 4 rings (SSSR count). The number of rotatable bonds is 2. The van der Waals surface area contributed by atoms with Gasteiger partial charge in [0.25, 0.3) is 5.91 Å². The number of aromatic nitrogens is 4. The molecular weight excluding hydrogens is 383 g/mol. The van der Waals surface area contributed by atoms with E-state index in [1.54, 1.807) is 21.8 Å². The lowest BCUT2D eigenvalue weighted by Gasteiger charge is -2.33. The summed E-state index contributed by atoms with van der Waals surface area (Å²) in [6.07, 6.45) is -2.38. The third-order valence-corrected chi connectivity index (χ3v) is 5.18. The Morgan fingerprint density at radius 2 is 1.97 bits per heavy atom. The maximum atomic E-state index is 13.2. The first kappa shape index (κ1) is 19.1. The van der Waals surface area contributed by atoms with Crippen molar-refractivity contribution in [1.82, 2.24) is 24.9 Å². The number of halogens is 3. The molecule has 0 saturated carbocycles. The van der Waals surface area contributed by atoms with Gasteiger partial charge >= 0.3 is 6.18 Å². The van der Waals surface area contributed by atoms with Crippen LogP contribution in [-0.2, 0) is 19.1 Å². The highest BCUT2D eigenvalue weighted by molar-refractivity contribution is 5.96. The highest BCUT2D eigenvalue weighted by Crippen LogP contribution is 2.34. The van der Waals surface area contributed by atoms with Crippen molar-refractivity contribution in [3.63, 3.8) is 0 Å². The van der Waals surface area contributed by atoms with Crippen LogP contribution >= 0.6 is 0 Å².